The Morgan fingerprint density at radius 2 is 2.19 bits per heavy atom. The molecule has 0 atom stereocenters. The molecule has 16 heavy (non-hydrogen) atoms. The fourth-order valence-corrected chi connectivity index (χ4v) is 1.11. The van der Waals surface area contributed by atoms with Gasteiger partial charge in [0.2, 0.25) is 0 Å². The van der Waals surface area contributed by atoms with Crippen LogP contribution in [0.3, 0.4) is 0 Å². The van der Waals surface area contributed by atoms with E-state index in [1.54, 1.807) is 24.3 Å². The minimum absolute atomic E-state index is 0.383. The van der Waals surface area contributed by atoms with Crippen LogP contribution in [0.25, 0.3) is 0 Å². The topological polar surface area (TPSA) is 73.6 Å². The molecule has 0 bridgehead atoms. The lowest BCUT2D eigenvalue weighted by Crippen LogP contribution is -2.31. The van der Waals surface area contributed by atoms with Crippen LogP contribution in [-0.4, -0.2) is 25.8 Å². The van der Waals surface area contributed by atoms with Gasteiger partial charge in [-0.3, -0.25) is 0 Å². The fourth-order valence-electron chi connectivity index (χ4n) is 1.11. The predicted octanol–water partition coefficient (Wildman–Crippen LogP) is 1.13. The van der Waals surface area contributed by atoms with E-state index in [1.807, 2.05) is 6.92 Å². The second-order valence-corrected chi connectivity index (χ2v) is 3.01. The molecule has 0 saturated carbocycles. The van der Waals surface area contributed by atoms with E-state index in [4.69, 9.17) is 15.2 Å². The first-order valence-electron chi connectivity index (χ1n) is 5.15. The van der Waals surface area contributed by atoms with Gasteiger partial charge in [-0.1, -0.05) is 6.07 Å². The maximum atomic E-state index is 11.2. The molecule has 5 heteroatoms. The monoisotopic (exact) mass is 224 g/mol. The van der Waals surface area contributed by atoms with E-state index in [9.17, 15) is 4.79 Å². The molecule has 5 nitrogen and oxygen atoms in total. The number of rotatable bonds is 5. The molecule has 1 aromatic rings. The molecule has 88 valence electrons. The zero-order chi connectivity index (χ0) is 11.8. The molecule has 3 N–H and O–H groups in total. The van der Waals surface area contributed by atoms with Crippen LogP contribution in [0.2, 0.25) is 0 Å². The number of benzene rings is 1. The summed E-state index contributed by atoms with van der Waals surface area (Å²) in [4.78, 5) is 11.2. The van der Waals surface area contributed by atoms with Crippen molar-refractivity contribution in [2.24, 2.45) is 5.73 Å². The number of hydrogen-bond donors (Lipinski definition) is 2. The van der Waals surface area contributed by atoms with Crippen molar-refractivity contribution in [3.05, 3.63) is 24.3 Å². The maximum absolute atomic E-state index is 11.2. The summed E-state index contributed by atoms with van der Waals surface area (Å²) in [5.41, 5.74) is 5.24. The van der Waals surface area contributed by atoms with E-state index in [0.717, 1.165) is 0 Å². The van der Waals surface area contributed by atoms with E-state index in [0.29, 0.717) is 31.2 Å². The largest absolute Gasteiger partial charge is 0.494 e. The summed E-state index contributed by atoms with van der Waals surface area (Å²) >= 11 is 0. The quantitative estimate of drug-likeness (QED) is 0.786. The van der Waals surface area contributed by atoms with Crippen LogP contribution in [-0.2, 0) is 0 Å². The molecule has 1 rings (SSSR count). The highest BCUT2D eigenvalue weighted by Gasteiger charge is 2.03. The van der Waals surface area contributed by atoms with Gasteiger partial charge in [-0.05, 0) is 19.1 Å². The Morgan fingerprint density at radius 3 is 2.88 bits per heavy atom. The lowest BCUT2D eigenvalue weighted by Gasteiger charge is -2.07. The van der Waals surface area contributed by atoms with Crippen LogP contribution in [0.1, 0.15) is 6.92 Å². The molecule has 0 aliphatic carbocycles. The van der Waals surface area contributed by atoms with Crippen molar-refractivity contribution in [3.8, 4) is 11.5 Å². The van der Waals surface area contributed by atoms with Crippen molar-refractivity contribution in [2.75, 3.05) is 19.7 Å². The Labute approximate surface area is 94.5 Å². The standard InChI is InChI=1S/C11H16N2O3/c1-2-15-9-4-3-5-10(8-9)16-11(14)13-7-6-12/h3-5,8H,2,6-7,12H2,1H3,(H,13,14). The van der Waals surface area contributed by atoms with Crippen LogP contribution >= 0.6 is 0 Å². The van der Waals surface area contributed by atoms with Gasteiger partial charge in [-0.15, -0.1) is 0 Å². The minimum atomic E-state index is -0.515. The Bertz CT molecular complexity index is 342. The van der Waals surface area contributed by atoms with Gasteiger partial charge in [0.25, 0.3) is 0 Å². The highest BCUT2D eigenvalue weighted by Crippen LogP contribution is 2.19. The first-order chi connectivity index (χ1) is 7.76. The van der Waals surface area contributed by atoms with E-state index in [1.165, 1.54) is 0 Å². The molecule has 0 aliphatic heterocycles. The molecule has 0 aliphatic rings. The molecule has 1 aromatic carbocycles. The van der Waals surface area contributed by atoms with Crippen molar-refractivity contribution in [1.29, 1.82) is 0 Å². The van der Waals surface area contributed by atoms with Crippen molar-refractivity contribution < 1.29 is 14.3 Å². The zero-order valence-electron chi connectivity index (χ0n) is 9.23. The zero-order valence-corrected chi connectivity index (χ0v) is 9.23. The average Bonchev–Trinajstić information content (AvgIpc) is 2.27. The van der Waals surface area contributed by atoms with Gasteiger partial charge in [0, 0.05) is 19.2 Å². The van der Waals surface area contributed by atoms with E-state index >= 15 is 0 Å². The Hall–Kier alpha value is -1.75. The summed E-state index contributed by atoms with van der Waals surface area (Å²) in [5, 5.41) is 2.51. The average molecular weight is 224 g/mol. The Balaban J connectivity index is 2.52. The summed E-state index contributed by atoms with van der Waals surface area (Å²) in [6, 6.07) is 6.90. The highest BCUT2D eigenvalue weighted by molar-refractivity contribution is 5.70. The first-order valence-corrected chi connectivity index (χ1v) is 5.15. The second-order valence-electron chi connectivity index (χ2n) is 3.01. The van der Waals surface area contributed by atoms with Crippen LogP contribution in [0.4, 0.5) is 4.79 Å². The van der Waals surface area contributed by atoms with E-state index in [-0.39, 0.29) is 0 Å². The molecule has 0 saturated heterocycles. The third-order valence-corrected chi connectivity index (χ3v) is 1.74. The van der Waals surface area contributed by atoms with Gasteiger partial charge in [-0.2, -0.15) is 0 Å². The third kappa shape index (κ3) is 4.18. The Kier molecular flexibility index (Phi) is 5.15. The number of carbonyl (C=O) groups excluding carboxylic acids is 1. The first kappa shape index (κ1) is 12.3. The van der Waals surface area contributed by atoms with Gasteiger partial charge >= 0.3 is 6.09 Å². The van der Waals surface area contributed by atoms with Gasteiger partial charge < -0.3 is 20.5 Å². The van der Waals surface area contributed by atoms with Gasteiger partial charge in [0.15, 0.2) is 0 Å². The summed E-state index contributed by atoms with van der Waals surface area (Å²) in [6.45, 7) is 3.24. The number of nitrogens with two attached hydrogens (primary N) is 1. The SMILES string of the molecule is CCOc1cccc(OC(=O)NCCN)c1. The van der Waals surface area contributed by atoms with Crippen molar-refractivity contribution in [1.82, 2.24) is 5.32 Å². The fraction of sp³-hybridized carbons (Fsp3) is 0.364. The van der Waals surface area contributed by atoms with Crippen molar-refractivity contribution in [2.45, 2.75) is 6.92 Å². The van der Waals surface area contributed by atoms with Crippen LogP contribution in [0.15, 0.2) is 24.3 Å². The molecule has 0 unspecified atom stereocenters. The summed E-state index contributed by atoms with van der Waals surface area (Å²) in [5.74, 6) is 1.12. The molecule has 0 aromatic heterocycles. The normalized spacial score (nSPS) is 9.62. The van der Waals surface area contributed by atoms with Gasteiger partial charge in [-0.25, -0.2) is 4.79 Å². The van der Waals surface area contributed by atoms with Crippen LogP contribution < -0.4 is 20.5 Å². The van der Waals surface area contributed by atoms with Crippen molar-refractivity contribution in [3.63, 3.8) is 0 Å². The molecule has 0 spiro atoms. The molecule has 0 radical (unpaired) electrons. The van der Waals surface area contributed by atoms with Gasteiger partial charge in [0.05, 0.1) is 6.61 Å². The summed E-state index contributed by atoms with van der Waals surface area (Å²) in [7, 11) is 0. The number of carbonyl (C=O) groups is 1. The van der Waals surface area contributed by atoms with E-state index < -0.39 is 6.09 Å². The lowest BCUT2D eigenvalue weighted by atomic mass is 10.3. The second kappa shape index (κ2) is 6.68. The number of amides is 1. The Morgan fingerprint density at radius 1 is 1.44 bits per heavy atom. The molecule has 1 amide bonds. The summed E-state index contributed by atoms with van der Waals surface area (Å²) in [6.07, 6.45) is -0.515. The van der Waals surface area contributed by atoms with Crippen molar-refractivity contribution >= 4 is 6.09 Å². The molecule has 0 heterocycles. The number of nitrogens with one attached hydrogen (secondary N) is 1. The summed E-state index contributed by atoms with van der Waals surface area (Å²) < 4.78 is 10.3. The maximum Gasteiger partial charge on any atom is 0.412 e. The van der Waals surface area contributed by atoms with Gasteiger partial charge in [0.1, 0.15) is 11.5 Å². The molecule has 0 fully saturated rings. The van der Waals surface area contributed by atoms with Crippen LogP contribution in [0, 0.1) is 0 Å². The van der Waals surface area contributed by atoms with E-state index in [2.05, 4.69) is 5.32 Å². The minimum Gasteiger partial charge on any atom is -0.494 e. The smallest absolute Gasteiger partial charge is 0.412 e. The number of hydrogen-bond acceptors (Lipinski definition) is 4. The lowest BCUT2D eigenvalue weighted by molar-refractivity contribution is 0.200. The van der Waals surface area contributed by atoms with Crippen LogP contribution in [0.5, 0.6) is 11.5 Å². The number of ether oxygens (including phenoxy) is 2. The molecular weight excluding hydrogens is 208 g/mol. The molecular formula is C11H16N2O3. The predicted molar refractivity (Wildman–Crippen MR) is 60.7 cm³/mol. The highest BCUT2D eigenvalue weighted by atomic mass is 16.6. The third-order valence-electron chi connectivity index (χ3n) is 1.74.